The molecule has 2 rings (SSSR count). The number of rotatable bonds is 3. The Morgan fingerprint density at radius 2 is 2.12 bits per heavy atom. The summed E-state index contributed by atoms with van der Waals surface area (Å²) >= 11 is 6.15. The first kappa shape index (κ1) is 11.0. The first-order chi connectivity index (χ1) is 7.72. The third-order valence-electron chi connectivity index (χ3n) is 2.27. The lowest BCUT2D eigenvalue weighted by Crippen LogP contribution is -2.05. The fraction of sp³-hybridized carbons (Fsp3) is 0.250. The molecule has 4 heteroatoms. The molecular weight excluding hydrogens is 222 g/mol. The highest BCUT2D eigenvalue weighted by atomic mass is 35.5. The fourth-order valence-electron chi connectivity index (χ4n) is 1.61. The van der Waals surface area contributed by atoms with Gasteiger partial charge in [0.15, 0.2) is 0 Å². The van der Waals surface area contributed by atoms with Crippen molar-refractivity contribution in [2.75, 3.05) is 11.9 Å². The Hall–Kier alpha value is -1.48. The van der Waals surface area contributed by atoms with Crippen molar-refractivity contribution in [3.8, 4) is 5.69 Å². The number of hydrogen-bond donors (Lipinski definition) is 1. The topological polar surface area (TPSA) is 29.9 Å². The van der Waals surface area contributed by atoms with E-state index in [1.54, 1.807) is 0 Å². The minimum atomic E-state index is 0.699. The largest absolute Gasteiger partial charge is 0.370 e. The zero-order valence-electron chi connectivity index (χ0n) is 9.37. The first-order valence-electron chi connectivity index (χ1n) is 5.28. The lowest BCUT2D eigenvalue weighted by Gasteiger charge is -2.09. The summed E-state index contributed by atoms with van der Waals surface area (Å²) in [6.07, 6.45) is 0. The molecule has 0 saturated carbocycles. The van der Waals surface area contributed by atoms with E-state index < -0.39 is 0 Å². The number of para-hydroxylation sites is 1. The molecule has 0 unspecified atom stereocenters. The van der Waals surface area contributed by atoms with Crippen molar-refractivity contribution in [2.24, 2.45) is 0 Å². The molecule has 0 spiro atoms. The van der Waals surface area contributed by atoms with Gasteiger partial charge in [-0.05, 0) is 26.0 Å². The standard InChI is InChI=1S/C12H14ClN3/c1-3-14-12-8-9(2)15-16(12)11-7-5-4-6-10(11)13/h4-8,14H,3H2,1-2H3. The zero-order valence-corrected chi connectivity index (χ0v) is 10.1. The van der Waals surface area contributed by atoms with Crippen LogP contribution in [0.4, 0.5) is 5.82 Å². The number of halogens is 1. The second-order valence-corrected chi connectivity index (χ2v) is 3.97. The number of benzene rings is 1. The highest BCUT2D eigenvalue weighted by molar-refractivity contribution is 6.32. The van der Waals surface area contributed by atoms with Gasteiger partial charge in [-0.1, -0.05) is 23.7 Å². The molecule has 16 heavy (non-hydrogen) atoms. The summed E-state index contributed by atoms with van der Waals surface area (Å²) in [4.78, 5) is 0. The van der Waals surface area contributed by atoms with Gasteiger partial charge >= 0.3 is 0 Å². The van der Waals surface area contributed by atoms with E-state index in [4.69, 9.17) is 11.6 Å². The quantitative estimate of drug-likeness (QED) is 0.885. The number of aromatic nitrogens is 2. The summed E-state index contributed by atoms with van der Waals surface area (Å²) in [6.45, 7) is 4.88. The van der Waals surface area contributed by atoms with Crippen LogP contribution >= 0.6 is 11.6 Å². The van der Waals surface area contributed by atoms with E-state index in [1.165, 1.54) is 0 Å². The molecule has 0 fully saturated rings. The van der Waals surface area contributed by atoms with Gasteiger partial charge in [0.1, 0.15) is 5.82 Å². The highest BCUT2D eigenvalue weighted by Crippen LogP contribution is 2.23. The second-order valence-electron chi connectivity index (χ2n) is 3.56. The molecule has 0 amide bonds. The van der Waals surface area contributed by atoms with Crippen molar-refractivity contribution in [2.45, 2.75) is 13.8 Å². The van der Waals surface area contributed by atoms with Crippen LogP contribution in [0.2, 0.25) is 5.02 Å². The van der Waals surface area contributed by atoms with E-state index in [2.05, 4.69) is 17.3 Å². The maximum absolute atomic E-state index is 6.15. The molecule has 0 atom stereocenters. The van der Waals surface area contributed by atoms with Gasteiger partial charge < -0.3 is 5.32 Å². The number of anilines is 1. The summed E-state index contributed by atoms with van der Waals surface area (Å²) in [6, 6.07) is 9.69. The summed E-state index contributed by atoms with van der Waals surface area (Å²) in [5, 5.41) is 8.39. The lowest BCUT2D eigenvalue weighted by atomic mass is 10.3. The van der Waals surface area contributed by atoms with Gasteiger partial charge in [0.2, 0.25) is 0 Å². The molecule has 0 aliphatic heterocycles. The summed E-state index contributed by atoms with van der Waals surface area (Å²) in [5.74, 6) is 0.966. The van der Waals surface area contributed by atoms with Gasteiger partial charge in [0.25, 0.3) is 0 Å². The van der Waals surface area contributed by atoms with Crippen LogP contribution in [0.5, 0.6) is 0 Å². The number of nitrogens with one attached hydrogen (secondary N) is 1. The Bertz CT molecular complexity index is 491. The Kier molecular flexibility index (Phi) is 3.15. The summed E-state index contributed by atoms with van der Waals surface area (Å²) in [5.41, 5.74) is 1.86. The Morgan fingerprint density at radius 3 is 2.81 bits per heavy atom. The monoisotopic (exact) mass is 235 g/mol. The number of hydrogen-bond acceptors (Lipinski definition) is 2. The molecule has 0 aliphatic carbocycles. The van der Waals surface area contributed by atoms with Gasteiger partial charge in [-0.2, -0.15) is 5.10 Å². The maximum Gasteiger partial charge on any atom is 0.130 e. The molecule has 0 aliphatic rings. The normalized spacial score (nSPS) is 10.4. The molecule has 1 aromatic heterocycles. The zero-order chi connectivity index (χ0) is 11.5. The van der Waals surface area contributed by atoms with Gasteiger partial charge in [0, 0.05) is 12.6 Å². The third kappa shape index (κ3) is 2.04. The number of nitrogens with zero attached hydrogens (tertiary/aromatic N) is 2. The van der Waals surface area contributed by atoms with Crippen LogP contribution in [0.15, 0.2) is 30.3 Å². The number of aryl methyl sites for hydroxylation is 1. The predicted molar refractivity (Wildman–Crippen MR) is 67.5 cm³/mol. The minimum Gasteiger partial charge on any atom is -0.370 e. The molecule has 0 saturated heterocycles. The van der Waals surface area contributed by atoms with Crippen LogP contribution in [0.25, 0.3) is 5.69 Å². The average Bonchev–Trinajstić information content (AvgIpc) is 2.61. The molecule has 2 aromatic rings. The summed E-state index contributed by atoms with van der Waals surface area (Å²) < 4.78 is 1.83. The average molecular weight is 236 g/mol. The SMILES string of the molecule is CCNc1cc(C)nn1-c1ccccc1Cl. The van der Waals surface area contributed by atoms with Crippen LogP contribution in [0.3, 0.4) is 0 Å². The first-order valence-corrected chi connectivity index (χ1v) is 5.65. The fourth-order valence-corrected chi connectivity index (χ4v) is 1.83. The van der Waals surface area contributed by atoms with Crippen molar-refractivity contribution >= 4 is 17.4 Å². The van der Waals surface area contributed by atoms with Crippen LogP contribution in [0, 0.1) is 6.92 Å². The lowest BCUT2D eigenvalue weighted by molar-refractivity contribution is 0.862. The Labute approximate surface area is 100 Å². The van der Waals surface area contributed by atoms with Crippen molar-refractivity contribution in [1.29, 1.82) is 0 Å². The van der Waals surface area contributed by atoms with Crippen molar-refractivity contribution in [1.82, 2.24) is 9.78 Å². The summed E-state index contributed by atoms with van der Waals surface area (Å²) in [7, 11) is 0. The smallest absolute Gasteiger partial charge is 0.130 e. The highest BCUT2D eigenvalue weighted by Gasteiger charge is 2.08. The molecular formula is C12H14ClN3. The van der Waals surface area contributed by atoms with Crippen LogP contribution in [-0.2, 0) is 0 Å². The van der Waals surface area contributed by atoms with E-state index in [0.29, 0.717) is 5.02 Å². The molecule has 1 aromatic carbocycles. The van der Waals surface area contributed by atoms with Gasteiger partial charge in [0.05, 0.1) is 16.4 Å². The van der Waals surface area contributed by atoms with Crippen LogP contribution < -0.4 is 5.32 Å². The molecule has 0 bridgehead atoms. The van der Waals surface area contributed by atoms with E-state index >= 15 is 0 Å². The Balaban J connectivity index is 2.51. The van der Waals surface area contributed by atoms with Gasteiger partial charge in [-0.3, -0.25) is 0 Å². The van der Waals surface area contributed by atoms with Gasteiger partial charge in [-0.25, -0.2) is 4.68 Å². The van der Waals surface area contributed by atoms with Crippen LogP contribution in [0.1, 0.15) is 12.6 Å². The van der Waals surface area contributed by atoms with E-state index in [-0.39, 0.29) is 0 Å². The van der Waals surface area contributed by atoms with Crippen molar-refractivity contribution in [3.05, 3.63) is 41.0 Å². The van der Waals surface area contributed by atoms with Crippen molar-refractivity contribution in [3.63, 3.8) is 0 Å². The van der Waals surface area contributed by atoms with Crippen molar-refractivity contribution < 1.29 is 0 Å². The maximum atomic E-state index is 6.15. The molecule has 84 valence electrons. The van der Waals surface area contributed by atoms with E-state index in [1.807, 2.05) is 41.9 Å². The third-order valence-corrected chi connectivity index (χ3v) is 2.59. The molecule has 1 heterocycles. The van der Waals surface area contributed by atoms with Crippen LogP contribution in [-0.4, -0.2) is 16.3 Å². The van der Waals surface area contributed by atoms with Gasteiger partial charge in [-0.15, -0.1) is 0 Å². The van der Waals surface area contributed by atoms with E-state index in [0.717, 1.165) is 23.7 Å². The molecule has 3 nitrogen and oxygen atoms in total. The minimum absolute atomic E-state index is 0.699. The second kappa shape index (κ2) is 4.58. The van der Waals surface area contributed by atoms with E-state index in [9.17, 15) is 0 Å². The Morgan fingerprint density at radius 1 is 1.38 bits per heavy atom. The molecule has 1 N–H and O–H groups in total. The molecule has 0 radical (unpaired) electrons. The predicted octanol–water partition coefficient (Wildman–Crippen LogP) is 3.27.